The van der Waals surface area contributed by atoms with Crippen molar-refractivity contribution in [2.24, 2.45) is 5.73 Å². The zero-order chi connectivity index (χ0) is 35.7. The Kier molecular flexibility index (Phi) is 10.6. The Bertz CT molecular complexity index is 1700. The van der Waals surface area contributed by atoms with E-state index in [-0.39, 0.29) is 5.41 Å². The SMILES string of the molecule is CCCCc1cc2c(cc1N(CC)CC)Oc1cc(N(CC)CC)c(CCCC)c(C(C)(C)C)c1C21c2ccccc2C(=O)N1OC(N)=O. The van der Waals surface area contributed by atoms with Crippen molar-refractivity contribution in [3.8, 4) is 11.5 Å². The van der Waals surface area contributed by atoms with Crippen molar-refractivity contribution in [2.75, 3.05) is 36.0 Å². The maximum atomic E-state index is 14.6. The molecule has 2 N–H and O–H groups in total. The van der Waals surface area contributed by atoms with Gasteiger partial charge >= 0.3 is 6.09 Å². The lowest BCUT2D eigenvalue weighted by Gasteiger charge is -2.46. The summed E-state index contributed by atoms with van der Waals surface area (Å²) in [7, 11) is 0. The lowest BCUT2D eigenvalue weighted by atomic mass is 9.67. The number of carbonyl (C=O) groups excluding carboxylic acids is 2. The highest BCUT2D eigenvalue weighted by Gasteiger charge is 2.61. The van der Waals surface area contributed by atoms with Crippen LogP contribution in [0.2, 0.25) is 0 Å². The second kappa shape index (κ2) is 14.3. The Morgan fingerprint density at radius 2 is 1.43 bits per heavy atom. The molecule has 2 aliphatic heterocycles. The number of nitrogens with two attached hydrogens (primary N) is 1. The number of nitrogens with zero attached hydrogens (tertiary/aromatic N) is 3. The minimum atomic E-state index is -1.33. The molecule has 0 saturated carbocycles. The molecule has 49 heavy (non-hydrogen) atoms. The summed E-state index contributed by atoms with van der Waals surface area (Å²) in [5.41, 5.74) is 12.7. The molecular formula is C41H56N4O4. The Morgan fingerprint density at radius 3 is 2.02 bits per heavy atom. The van der Waals surface area contributed by atoms with Crippen molar-refractivity contribution in [3.05, 3.63) is 81.4 Å². The summed E-state index contributed by atoms with van der Waals surface area (Å²) in [4.78, 5) is 38.0. The summed E-state index contributed by atoms with van der Waals surface area (Å²) in [6.07, 6.45) is 4.78. The number of aryl methyl sites for hydroxylation is 1. The monoisotopic (exact) mass is 668 g/mol. The Morgan fingerprint density at radius 1 is 0.837 bits per heavy atom. The fourth-order valence-electron chi connectivity index (χ4n) is 8.11. The number of fused-ring (bicyclic) bond motifs is 6. The third-order valence-corrected chi connectivity index (χ3v) is 10.3. The van der Waals surface area contributed by atoms with Gasteiger partial charge in [-0.2, -0.15) is 0 Å². The highest BCUT2D eigenvalue weighted by Crippen LogP contribution is 2.62. The predicted molar refractivity (Wildman–Crippen MR) is 199 cm³/mol. The van der Waals surface area contributed by atoms with Crippen LogP contribution in [0, 0.1) is 0 Å². The normalized spacial score (nSPS) is 16.3. The Balaban J connectivity index is 2.05. The van der Waals surface area contributed by atoms with E-state index >= 15 is 0 Å². The molecule has 2 amide bonds. The van der Waals surface area contributed by atoms with E-state index in [1.807, 2.05) is 24.3 Å². The van der Waals surface area contributed by atoms with Crippen LogP contribution in [-0.4, -0.2) is 43.2 Å². The van der Waals surface area contributed by atoms with Crippen LogP contribution in [0.1, 0.15) is 132 Å². The first-order valence-electron chi connectivity index (χ1n) is 18.4. The summed E-state index contributed by atoms with van der Waals surface area (Å²) in [5.74, 6) is 0.900. The largest absolute Gasteiger partial charge is 0.456 e. The highest BCUT2D eigenvalue weighted by molar-refractivity contribution is 6.02. The molecule has 5 rings (SSSR count). The number of anilines is 2. The van der Waals surface area contributed by atoms with Crippen molar-refractivity contribution in [1.82, 2.24) is 5.06 Å². The standard InChI is InChI=1S/C41H56N4O4/c1-10-16-20-27-24-31-34(25-32(27)43(12-3)13-4)48-35-26-33(44(14-5)15-6)29(21-17-11-2)36(40(7,8)9)37(35)41(31)30-23-19-18-22-28(30)38(46)45(41)49-39(42)47/h18-19,22-26H,10-17,20-21H2,1-9H3,(H2,42,47). The number of rotatable bonds is 13. The van der Waals surface area contributed by atoms with E-state index in [1.54, 1.807) is 0 Å². The van der Waals surface area contributed by atoms with Crippen LogP contribution in [0.15, 0.2) is 42.5 Å². The summed E-state index contributed by atoms with van der Waals surface area (Å²) >= 11 is 0. The van der Waals surface area contributed by atoms with E-state index in [9.17, 15) is 9.59 Å². The molecule has 1 atom stereocenters. The minimum Gasteiger partial charge on any atom is -0.456 e. The zero-order valence-corrected chi connectivity index (χ0v) is 31.2. The van der Waals surface area contributed by atoms with E-state index in [1.165, 1.54) is 16.2 Å². The third kappa shape index (κ3) is 6.01. The van der Waals surface area contributed by atoms with Crippen LogP contribution in [0.4, 0.5) is 16.2 Å². The molecule has 1 unspecified atom stereocenters. The molecule has 2 aliphatic rings. The lowest BCUT2D eigenvalue weighted by Crippen LogP contribution is -2.50. The first kappa shape index (κ1) is 36.1. The number of primary amides is 1. The molecule has 0 radical (unpaired) electrons. The zero-order valence-electron chi connectivity index (χ0n) is 31.2. The van der Waals surface area contributed by atoms with Gasteiger partial charge in [0.1, 0.15) is 11.5 Å². The number of hydrogen-bond acceptors (Lipinski definition) is 6. The number of hydroxylamine groups is 2. The van der Waals surface area contributed by atoms with Gasteiger partial charge in [0, 0.05) is 71.9 Å². The number of carbonyl (C=O) groups is 2. The number of hydrogen-bond donors (Lipinski definition) is 1. The van der Waals surface area contributed by atoms with Crippen LogP contribution < -0.4 is 20.3 Å². The second-order valence-electron chi connectivity index (χ2n) is 14.3. The van der Waals surface area contributed by atoms with Gasteiger partial charge in [0.25, 0.3) is 5.91 Å². The van der Waals surface area contributed by atoms with Crippen LogP contribution in [0.5, 0.6) is 11.5 Å². The van der Waals surface area contributed by atoms with E-state index in [2.05, 4.69) is 90.3 Å². The molecule has 0 saturated heterocycles. The summed E-state index contributed by atoms with van der Waals surface area (Å²) in [6, 6.07) is 14.2. The molecule has 0 aliphatic carbocycles. The average molecular weight is 669 g/mol. The smallest absolute Gasteiger partial charge is 0.429 e. The molecule has 264 valence electrons. The van der Waals surface area contributed by atoms with Crippen LogP contribution in [-0.2, 0) is 28.6 Å². The van der Waals surface area contributed by atoms with Gasteiger partial charge < -0.3 is 25.1 Å². The van der Waals surface area contributed by atoms with Gasteiger partial charge in [0.15, 0.2) is 5.54 Å². The number of amides is 2. The molecule has 0 aromatic heterocycles. The van der Waals surface area contributed by atoms with Gasteiger partial charge in [-0.25, -0.2) is 4.79 Å². The quantitative estimate of drug-likeness (QED) is 0.195. The molecule has 8 heteroatoms. The maximum absolute atomic E-state index is 14.6. The predicted octanol–water partition coefficient (Wildman–Crippen LogP) is 9.23. The first-order valence-corrected chi connectivity index (χ1v) is 18.4. The first-order chi connectivity index (χ1) is 23.4. The third-order valence-electron chi connectivity index (χ3n) is 10.3. The van der Waals surface area contributed by atoms with Crippen LogP contribution >= 0.6 is 0 Å². The van der Waals surface area contributed by atoms with E-state index in [0.29, 0.717) is 17.1 Å². The molecule has 3 aromatic rings. The van der Waals surface area contributed by atoms with E-state index in [4.69, 9.17) is 15.3 Å². The topological polar surface area (TPSA) is 88.3 Å². The van der Waals surface area contributed by atoms with E-state index in [0.717, 1.165) is 98.3 Å². The van der Waals surface area contributed by atoms with Gasteiger partial charge in [-0.1, -0.05) is 65.7 Å². The molecular weight excluding hydrogens is 612 g/mol. The Hall–Kier alpha value is -4.20. The minimum absolute atomic E-state index is 0.380. The van der Waals surface area contributed by atoms with Crippen molar-refractivity contribution in [2.45, 2.75) is 112 Å². The molecule has 8 nitrogen and oxygen atoms in total. The summed E-state index contributed by atoms with van der Waals surface area (Å²) < 4.78 is 7.12. The van der Waals surface area contributed by atoms with Crippen molar-refractivity contribution < 1.29 is 19.2 Å². The van der Waals surface area contributed by atoms with Crippen molar-refractivity contribution >= 4 is 23.4 Å². The van der Waals surface area contributed by atoms with Gasteiger partial charge in [0.2, 0.25) is 0 Å². The van der Waals surface area contributed by atoms with Crippen LogP contribution in [0.25, 0.3) is 0 Å². The number of ether oxygens (including phenoxy) is 1. The number of benzene rings is 3. The van der Waals surface area contributed by atoms with Gasteiger partial charge in [-0.05, 0) is 87.6 Å². The lowest BCUT2D eigenvalue weighted by molar-refractivity contribution is -0.106. The van der Waals surface area contributed by atoms with Crippen molar-refractivity contribution in [1.29, 1.82) is 0 Å². The second-order valence-corrected chi connectivity index (χ2v) is 14.3. The van der Waals surface area contributed by atoms with Gasteiger partial charge in [-0.15, -0.1) is 5.06 Å². The van der Waals surface area contributed by atoms with Crippen LogP contribution in [0.3, 0.4) is 0 Å². The molecule has 3 aromatic carbocycles. The summed E-state index contributed by atoms with van der Waals surface area (Å²) in [6.45, 7) is 23.2. The Labute approximate surface area is 293 Å². The average Bonchev–Trinajstić information content (AvgIpc) is 3.30. The van der Waals surface area contributed by atoms with Gasteiger partial charge in [0.05, 0.1) is 0 Å². The molecule has 1 spiro atoms. The van der Waals surface area contributed by atoms with Crippen molar-refractivity contribution in [3.63, 3.8) is 0 Å². The highest BCUT2D eigenvalue weighted by atomic mass is 16.7. The molecule has 0 bridgehead atoms. The maximum Gasteiger partial charge on any atom is 0.429 e. The fraction of sp³-hybridized carbons (Fsp3) is 0.512. The summed E-state index contributed by atoms with van der Waals surface area (Å²) in [5, 5.41) is 1.26. The fourth-order valence-corrected chi connectivity index (χ4v) is 8.11. The number of unbranched alkanes of at least 4 members (excludes halogenated alkanes) is 2. The molecule has 2 heterocycles. The van der Waals surface area contributed by atoms with Gasteiger partial charge in [-0.3, -0.25) is 4.79 Å². The molecule has 0 fully saturated rings. The van der Waals surface area contributed by atoms with E-state index < -0.39 is 17.5 Å².